The average Bonchev–Trinajstić information content (AvgIpc) is 3.49. The lowest BCUT2D eigenvalue weighted by atomic mass is 10.0. The minimum Gasteiger partial charge on any atom is -0.378 e. The number of ether oxygens (including phenoxy) is 1. The van der Waals surface area contributed by atoms with Crippen molar-refractivity contribution in [2.75, 3.05) is 54.9 Å². The van der Waals surface area contributed by atoms with Gasteiger partial charge in [0.1, 0.15) is 5.82 Å². The molecule has 40 heavy (non-hydrogen) atoms. The van der Waals surface area contributed by atoms with Crippen molar-refractivity contribution in [2.24, 2.45) is 5.92 Å². The molecule has 2 amide bonds. The van der Waals surface area contributed by atoms with Crippen LogP contribution in [-0.2, 0) is 4.74 Å². The molecular formula is C27H33F5N6O2. The van der Waals surface area contributed by atoms with Crippen LogP contribution >= 0.6 is 0 Å². The van der Waals surface area contributed by atoms with E-state index in [1.54, 1.807) is 12.1 Å². The number of morpholine rings is 1. The van der Waals surface area contributed by atoms with Gasteiger partial charge in [-0.25, -0.2) is 18.6 Å². The summed E-state index contributed by atoms with van der Waals surface area (Å²) in [6.45, 7) is 4.53. The lowest BCUT2D eigenvalue weighted by molar-refractivity contribution is -0.143. The van der Waals surface area contributed by atoms with E-state index in [2.05, 4.69) is 25.5 Å². The lowest BCUT2D eigenvalue weighted by Crippen LogP contribution is -2.37. The summed E-state index contributed by atoms with van der Waals surface area (Å²) >= 11 is 0. The second kappa shape index (κ2) is 11.3. The molecule has 8 nitrogen and oxygen atoms in total. The van der Waals surface area contributed by atoms with Crippen LogP contribution in [0.1, 0.15) is 37.7 Å². The van der Waals surface area contributed by atoms with E-state index in [-0.39, 0.29) is 31.9 Å². The van der Waals surface area contributed by atoms with E-state index in [0.717, 1.165) is 5.56 Å². The van der Waals surface area contributed by atoms with Crippen molar-refractivity contribution in [2.45, 2.75) is 57.2 Å². The number of halogens is 5. The molecule has 13 heteroatoms. The zero-order chi connectivity index (χ0) is 28.5. The highest BCUT2D eigenvalue weighted by Gasteiger charge is 2.40. The number of aryl methyl sites for hydroxylation is 1. The van der Waals surface area contributed by atoms with Crippen LogP contribution in [0.25, 0.3) is 11.3 Å². The molecule has 0 radical (unpaired) electrons. The van der Waals surface area contributed by atoms with Gasteiger partial charge in [0.05, 0.1) is 18.9 Å². The first kappa shape index (κ1) is 28.3. The maximum Gasteiger partial charge on any atom is 0.389 e. The Balaban J connectivity index is 1.37. The van der Waals surface area contributed by atoms with Crippen molar-refractivity contribution in [1.82, 2.24) is 14.9 Å². The van der Waals surface area contributed by atoms with Gasteiger partial charge in [-0.1, -0.05) is 6.07 Å². The van der Waals surface area contributed by atoms with Crippen LogP contribution in [0.4, 0.5) is 44.2 Å². The van der Waals surface area contributed by atoms with Crippen LogP contribution < -0.4 is 15.5 Å². The van der Waals surface area contributed by atoms with E-state index in [1.807, 2.05) is 19.1 Å². The predicted octanol–water partition coefficient (Wildman–Crippen LogP) is 5.69. The molecule has 2 N–H and O–H groups in total. The van der Waals surface area contributed by atoms with Gasteiger partial charge in [0.25, 0.3) is 0 Å². The first-order chi connectivity index (χ1) is 18.9. The number of amides is 2. The molecule has 3 aliphatic rings. The zero-order valence-electron chi connectivity index (χ0n) is 22.2. The maximum atomic E-state index is 13.8. The number of carbonyl (C=O) groups is 1. The molecule has 2 unspecified atom stereocenters. The molecular weight excluding hydrogens is 535 g/mol. The summed E-state index contributed by atoms with van der Waals surface area (Å²) in [6, 6.07) is 6.23. The van der Waals surface area contributed by atoms with Gasteiger partial charge in [-0.05, 0) is 43.4 Å². The minimum absolute atomic E-state index is 0.0497. The Morgan fingerprint density at radius 3 is 2.60 bits per heavy atom. The number of urea groups is 1. The fourth-order valence-corrected chi connectivity index (χ4v) is 5.54. The fourth-order valence-electron chi connectivity index (χ4n) is 5.54. The smallest absolute Gasteiger partial charge is 0.378 e. The summed E-state index contributed by atoms with van der Waals surface area (Å²) in [5.74, 6) is -2.43. The van der Waals surface area contributed by atoms with Gasteiger partial charge in [-0.2, -0.15) is 18.2 Å². The number of alkyl halides is 5. The Labute approximate surface area is 229 Å². The summed E-state index contributed by atoms with van der Waals surface area (Å²) < 4.78 is 71.4. The maximum absolute atomic E-state index is 13.8. The second-order valence-corrected chi connectivity index (χ2v) is 10.9. The van der Waals surface area contributed by atoms with Crippen LogP contribution in [0.15, 0.2) is 24.3 Å². The summed E-state index contributed by atoms with van der Waals surface area (Å²) in [5.41, 5.74) is 2.62. The number of aromatic nitrogens is 2. The topological polar surface area (TPSA) is 82.6 Å². The van der Waals surface area contributed by atoms with Crippen LogP contribution in [0.3, 0.4) is 0 Å². The largest absolute Gasteiger partial charge is 0.389 e. The highest BCUT2D eigenvalue weighted by atomic mass is 19.4. The van der Waals surface area contributed by atoms with Gasteiger partial charge in [0, 0.05) is 68.8 Å². The standard InChI is InChI=1S/C27H33F5N6O2/c1-17-2-3-19(34-25(39)38-7-5-18(16-38)14-27(30,31)32)12-21(17)22-13-23(37-8-10-40-11-9-37)36-24(35-22)33-20-4-6-26(28,29)15-20/h2-3,12-13,18,20H,4-11,14-16H2,1H3,(H,34,39)(H,33,35,36). The van der Waals surface area contributed by atoms with Gasteiger partial charge in [-0.15, -0.1) is 0 Å². The van der Waals surface area contributed by atoms with Crippen LogP contribution in [0, 0.1) is 12.8 Å². The van der Waals surface area contributed by atoms with Crippen LogP contribution in [0.2, 0.25) is 0 Å². The van der Waals surface area contributed by atoms with Gasteiger partial charge in [-0.3, -0.25) is 0 Å². The molecule has 3 fully saturated rings. The number of benzene rings is 1. The third-order valence-corrected chi connectivity index (χ3v) is 7.64. The molecule has 1 aromatic heterocycles. The molecule has 2 saturated heterocycles. The first-order valence-electron chi connectivity index (χ1n) is 13.5. The number of nitrogens with zero attached hydrogens (tertiary/aromatic N) is 4. The number of anilines is 3. The molecule has 1 saturated carbocycles. The van der Waals surface area contributed by atoms with Gasteiger partial charge in [0.15, 0.2) is 0 Å². The van der Waals surface area contributed by atoms with Crippen molar-refractivity contribution in [3.8, 4) is 11.3 Å². The van der Waals surface area contributed by atoms with Crippen molar-refractivity contribution < 1.29 is 31.5 Å². The Hall–Kier alpha value is -3.22. The van der Waals surface area contributed by atoms with Gasteiger partial charge in [0.2, 0.25) is 11.9 Å². The summed E-state index contributed by atoms with van der Waals surface area (Å²) in [6.07, 6.45) is -5.01. The van der Waals surface area contributed by atoms with E-state index >= 15 is 0 Å². The molecule has 2 aliphatic heterocycles. The lowest BCUT2D eigenvalue weighted by Gasteiger charge is -2.28. The third-order valence-electron chi connectivity index (χ3n) is 7.64. The molecule has 1 aliphatic carbocycles. The summed E-state index contributed by atoms with van der Waals surface area (Å²) in [7, 11) is 0. The molecule has 0 bridgehead atoms. The van der Waals surface area contributed by atoms with Crippen LogP contribution in [0.5, 0.6) is 0 Å². The highest BCUT2D eigenvalue weighted by Crippen LogP contribution is 2.37. The fraction of sp³-hybridized carbons (Fsp3) is 0.593. The minimum atomic E-state index is -4.26. The summed E-state index contributed by atoms with van der Waals surface area (Å²) in [4.78, 5) is 25.6. The SMILES string of the molecule is Cc1ccc(NC(=O)N2CCC(CC(F)(F)F)C2)cc1-c1cc(N2CCOCC2)nc(NC2CCC(F)(F)C2)n1. The van der Waals surface area contributed by atoms with Crippen molar-refractivity contribution in [1.29, 1.82) is 0 Å². The molecule has 3 heterocycles. The Kier molecular flexibility index (Phi) is 8.03. The van der Waals surface area contributed by atoms with Gasteiger partial charge >= 0.3 is 12.2 Å². The monoisotopic (exact) mass is 568 g/mol. The molecule has 1 aromatic carbocycles. The Morgan fingerprint density at radius 2 is 1.90 bits per heavy atom. The zero-order valence-corrected chi connectivity index (χ0v) is 22.2. The number of rotatable bonds is 6. The third kappa shape index (κ3) is 7.10. The molecule has 218 valence electrons. The number of hydrogen-bond acceptors (Lipinski definition) is 6. The number of likely N-dealkylation sites (tertiary alicyclic amines) is 1. The van der Waals surface area contributed by atoms with Crippen LogP contribution in [-0.4, -0.2) is 78.4 Å². The van der Waals surface area contributed by atoms with E-state index < -0.39 is 36.5 Å². The number of carbonyl (C=O) groups excluding carboxylic acids is 1. The number of nitrogens with one attached hydrogen (secondary N) is 2. The van der Waals surface area contributed by atoms with E-state index in [9.17, 15) is 26.7 Å². The van der Waals surface area contributed by atoms with Gasteiger partial charge < -0.3 is 25.2 Å². The van der Waals surface area contributed by atoms with E-state index in [4.69, 9.17) is 4.74 Å². The van der Waals surface area contributed by atoms with Crippen molar-refractivity contribution in [3.05, 3.63) is 29.8 Å². The Bertz CT molecular complexity index is 1220. The number of hydrogen-bond donors (Lipinski definition) is 2. The molecule has 0 spiro atoms. The summed E-state index contributed by atoms with van der Waals surface area (Å²) in [5, 5.41) is 5.89. The quantitative estimate of drug-likeness (QED) is 0.436. The van der Waals surface area contributed by atoms with E-state index in [0.29, 0.717) is 61.9 Å². The van der Waals surface area contributed by atoms with Crippen molar-refractivity contribution >= 4 is 23.5 Å². The molecule has 2 aromatic rings. The highest BCUT2D eigenvalue weighted by molar-refractivity contribution is 5.90. The van der Waals surface area contributed by atoms with E-state index in [1.165, 1.54) is 4.90 Å². The average molecular weight is 569 g/mol. The normalized spacial score (nSPS) is 22.9. The molecule has 2 atom stereocenters. The Morgan fingerprint density at radius 1 is 1.12 bits per heavy atom. The first-order valence-corrected chi connectivity index (χ1v) is 13.5. The molecule has 5 rings (SSSR count). The predicted molar refractivity (Wildman–Crippen MR) is 141 cm³/mol. The van der Waals surface area contributed by atoms with Crippen molar-refractivity contribution in [3.63, 3.8) is 0 Å². The second-order valence-electron chi connectivity index (χ2n) is 10.9.